The molecule has 0 unspecified atom stereocenters. The van der Waals surface area contributed by atoms with Crippen LogP contribution in [0.2, 0.25) is 0 Å². The van der Waals surface area contributed by atoms with Gasteiger partial charge in [-0.1, -0.05) is 48.5 Å². The lowest BCUT2D eigenvalue weighted by Gasteiger charge is -2.25. The van der Waals surface area contributed by atoms with E-state index in [0.29, 0.717) is 0 Å². The van der Waals surface area contributed by atoms with Crippen LogP contribution in [0.15, 0.2) is 48.5 Å². The average Bonchev–Trinajstić information content (AvgIpc) is 2.97. The number of hydrogen-bond acceptors (Lipinski definition) is 2. The van der Waals surface area contributed by atoms with Gasteiger partial charge in [-0.15, -0.1) is 0 Å². The first-order valence-electron chi connectivity index (χ1n) is 9.07. The van der Waals surface area contributed by atoms with Crippen molar-refractivity contribution >= 4 is 21.5 Å². The molecule has 2 heterocycles. The van der Waals surface area contributed by atoms with Gasteiger partial charge >= 0.3 is 0 Å². The summed E-state index contributed by atoms with van der Waals surface area (Å²) in [5.41, 5.74) is 6.69. The summed E-state index contributed by atoms with van der Waals surface area (Å²) in [7, 11) is 0. The maximum Gasteiger partial charge on any atom is 0.0703 e. The minimum absolute atomic E-state index is 0.0279. The van der Waals surface area contributed by atoms with Gasteiger partial charge in [-0.3, -0.25) is 0 Å². The third kappa shape index (κ3) is 1.96. The van der Waals surface area contributed by atoms with E-state index < -0.39 is 0 Å². The molecule has 0 saturated heterocycles. The maximum absolute atomic E-state index is 9.93. The number of nitrogens with zero attached hydrogens (tertiary/aromatic N) is 1. The van der Waals surface area contributed by atoms with E-state index in [-0.39, 0.29) is 13.2 Å². The van der Waals surface area contributed by atoms with Gasteiger partial charge in [0.15, 0.2) is 0 Å². The van der Waals surface area contributed by atoms with Crippen molar-refractivity contribution in [1.29, 1.82) is 0 Å². The minimum Gasteiger partial charge on any atom is -0.392 e. The number of rotatable bonds is 2. The van der Waals surface area contributed by atoms with Crippen molar-refractivity contribution in [2.24, 2.45) is 0 Å². The molecule has 1 aromatic heterocycles. The van der Waals surface area contributed by atoms with E-state index in [9.17, 15) is 10.2 Å². The summed E-state index contributed by atoms with van der Waals surface area (Å²) in [6.07, 6.45) is 0.789. The van der Waals surface area contributed by atoms with Crippen molar-refractivity contribution in [3.8, 4) is 0 Å². The molecular weight excluding hydrogens is 322 g/mol. The third-order valence-electron chi connectivity index (χ3n) is 6.02. The summed E-state index contributed by atoms with van der Waals surface area (Å²) in [5.74, 6) is 0. The zero-order valence-corrected chi connectivity index (χ0v) is 14.8. The summed E-state index contributed by atoms with van der Waals surface area (Å²) in [5, 5.41) is 24.9. The summed E-state index contributed by atoms with van der Waals surface area (Å²) < 4.78 is 2.28. The normalized spacial score (nSPS) is 13.2. The second-order valence-electron chi connectivity index (χ2n) is 7.12. The molecule has 0 fully saturated rings. The molecule has 3 aromatic carbocycles. The smallest absolute Gasteiger partial charge is 0.0703 e. The largest absolute Gasteiger partial charge is 0.392 e. The van der Waals surface area contributed by atoms with E-state index >= 15 is 0 Å². The van der Waals surface area contributed by atoms with Crippen LogP contribution in [0.1, 0.15) is 33.6 Å². The highest BCUT2D eigenvalue weighted by Crippen LogP contribution is 2.39. The van der Waals surface area contributed by atoms with Crippen molar-refractivity contribution in [2.45, 2.75) is 33.1 Å². The highest BCUT2D eigenvalue weighted by atomic mass is 16.3. The van der Waals surface area contributed by atoms with Crippen LogP contribution in [0.4, 0.5) is 0 Å². The van der Waals surface area contributed by atoms with Gasteiger partial charge in [0.2, 0.25) is 0 Å². The van der Waals surface area contributed by atoms with Gasteiger partial charge in [-0.05, 0) is 39.6 Å². The molecule has 0 amide bonds. The number of aliphatic hydroxyl groups excluding tert-OH is 2. The molecule has 0 saturated carbocycles. The Kier molecular flexibility index (Phi) is 3.42. The van der Waals surface area contributed by atoms with E-state index in [1.54, 1.807) is 0 Å². The zero-order valence-electron chi connectivity index (χ0n) is 14.8. The van der Waals surface area contributed by atoms with Crippen molar-refractivity contribution in [3.05, 3.63) is 82.2 Å². The second-order valence-corrected chi connectivity index (χ2v) is 7.12. The molecule has 3 nitrogen and oxygen atoms in total. The van der Waals surface area contributed by atoms with Crippen LogP contribution in [0.3, 0.4) is 0 Å². The van der Waals surface area contributed by atoms with Gasteiger partial charge < -0.3 is 14.8 Å². The predicted octanol–water partition coefficient (Wildman–Crippen LogP) is 4.04. The first-order chi connectivity index (χ1) is 12.7. The van der Waals surface area contributed by atoms with Crippen LogP contribution in [-0.2, 0) is 26.2 Å². The number of aromatic nitrogens is 1. The molecule has 130 valence electrons. The van der Waals surface area contributed by atoms with E-state index in [1.165, 1.54) is 32.7 Å². The van der Waals surface area contributed by atoms with E-state index in [2.05, 4.69) is 53.1 Å². The van der Waals surface area contributed by atoms with Gasteiger partial charge in [0.05, 0.1) is 13.2 Å². The Balaban J connectivity index is 1.88. The van der Waals surface area contributed by atoms with Crippen molar-refractivity contribution in [2.75, 3.05) is 0 Å². The Bertz CT molecular complexity index is 1170. The van der Waals surface area contributed by atoms with Crippen molar-refractivity contribution in [1.82, 2.24) is 4.57 Å². The fourth-order valence-corrected chi connectivity index (χ4v) is 4.73. The number of aliphatic hydroxyl groups is 2. The molecule has 5 rings (SSSR count). The Hall–Kier alpha value is -2.62. The number of hydrogen-bond donors (Lipinski definition) is 2. The highest BCUT2D eigenvalue weighted by molar-refractivity contribution is 6.11. The summed E-state index contributed by atoms with van der Waals surface area (Å²) in [6.45, 7) is 2.77. The van der Waals surface area contributed by atoms with Crippen LogP contribution >= 0.6 is 0 Å². The molecule has 0 bridgehead atoms. The first-order valence-corrected chi connectivity index (χ1v) is 9.07. The van der Waals surface area contributed by atoms with Crippen LogP contribution in [0.25, 0.3) is 21.5 Å². The van der Waals surface area contributed by atoms with Gasteiger partial charge in [-0.25, -0.2) is 0 Å². The topological polar surface area (TPSA) is 45.4 Å². The number of fused-ring (bicyclic) bond motifs is 7. The Labute approximate surface area is 152 Å². The quantitative estimate of drug-likeness (QED) is 0.475. The van der Waals surface area contributed by atoms with E-state index in [0.717, 1.165) is 35.5 Å². The molecule has 0 spiro atoms. The van der Waals surface area contributed by atoms with Crippen molar-refractivity contribution in [3.63, 3.8) is 0 Å². The molecule has 3 heteroatoms. The predicted molar refractivity (Wildman–Crippen MR) is 104 cm³/mol. The lowest BCUT2D eigenvalue weighted by molar-refractivity contribution is 0.260. The molecule has 0 aliphatic carbocycles. The lowest BCUT2D eigenvalue weighted by Crippen LogP contribution is -2.16. The second kappa shape index (κ2) is 5.70. The summed E-state index contributed by atoms with van der Waals surface area (Å²) in [6, 6.07) is 17.2. The van der Waals surface area contributed by atoms with Crippen molar-refractivity contribution < 1.29 is 10.2 Å². The lowest BCUT2D eigenvalue weighted by atomic mass is 9.87. The Morgan fingerprint density at radius 2 is 1.31 bits per heavy atom. The van der Waals surface area contributed by atoms with Gasteiger partial charge in [0, 0.05) is 35.5 Å². The van der Waals surface area contributed by atoms with Gasteiger partial charge in [0.25, 0.3) is 0 Å². The molecule has 2 N–H and O–H groups in total. The zero-order chi connectivity index (χ0) is 17.8. The number of benzene rings is 3. The molecular formula is C23H21NO2. The van der Waals surface area contributed by atoms with Gasteiger partial charge in [0.1, 0.15) is 0 Å². The highest BCUT2D eigenvalue weighted by Gasteiger charge is 2.26. The van der Waals surface area contributed by atoms with Crippen LogP contribution in [-0.4, -0.2) is 14.8 Å². The third-order valence-corrected chi connectivity index (χ3v) is 6.02. The fourth-order valence-electron chi connectivity index (χ4n) is 4.73. The standard InChI is InChI=1S/C23H21NO2/c1-14-21(12-25)22(13-26)23-10-19-17-8-4-2-6-15(17)16-7-3-5-9-18(16)20(19)11-24(14)23/h2-9,25-26H,10-13H2,1H3. The monoisotopic (exact) mass is 343 g/mol. The summed E-state index contributed by atoms with van der Waals surface area (Å²) in [4.78, 5) is 0. The Morgan fingerprint density at radius 3 is 1.88 bits per heavy atom. The molecule has 1 aliphatic heterocycles. The Morgan fingerprint density at radius 1 is 0.769 bits per heavy atom. The molecule has 0 atom stereocenters. The van der Waals surface area contributed by atoms with Crippen LogP contribution < -0.4 is 0 Å². The first kappa shape index (κ1) is 15.6. The maximum atomic E-state index is 9.93. The van der Waals surface area contributed by atoms with E-state index in [1.807, 2.05) is 6.92 Å². The fraction of sp³-hybridized carbons (Fsp3) is 0.217. The molecule has 26 heavy (non-hydrogen) atoms. The minimum atomic E-state index is -0.0282. The molecule has 0 radical (unpaired) electrons. The molecule has 1 aliphatic rings. The van der Waals surface area contributed by atoms with Gasteiger partial charge in [-0.2, -0.15) is 0 Å². The molecule has 4 aromatic rings. The SMILES string of the molecule is Cc1c(CO)c(CO)c2n1Cc1c(c3ccccc3c3ccccc13)C2. The summed E-state index contributed by atoms with van der Waals surface area (Å²) >= 11 is 0. The van der Waals surface area contributed by atoms with Crippen LogP contribution in [0, 0.1) is 6.92 Å². The average molecular weight is 343 g/mol. The van der Waals surface area contributed by atoms with Crippen LogP contribution in [0.5, 0.6) is 0 Å². The van der Waals surface area contributed by atoms with E-state index in [4.69, 9.17) is 0 Å².